The number of nitrogens with one attached hydrogen (secondary N) is 2. The molecule has 0 spiro atoms. The van der Waals surface area contributed by atoms with Crippen LogP contribution >= 0.6 is 0 Å². The topological polar surface area (TPSA) is 89.5 Å². The third-order valence-electron chi connectivity index (χ3n) is 5.03. The van der Waals surface area contributed by atoms with E-state index in [1.54, 1.807) is 19.2 Å². The molecule has 2 amide bonds. The second-order valence-electron chi connectivity index (χ2n) is 7.35. The first-order valence-corrected chi connectivity index (χ1v) is 9.99. The van der Waals surface area contributed by atoms with Gasteiger partial charge in [0, 0.05) is 31.4 Å². The zero-order valence-electron chi connectivity index (χ0n) is 17.3. The number of rotatable bonds is 5. The maximum Gasteiger partial charge on any atom is 0.269 e. The smallest absolute Gasteiger partial charge is 0.269 e. The highest BCUT2D eigenvalue weighted by Crippen LogP contribution is 2.29. The van der Waals surface area contributed by atoms with Crippen LogP contribution in [0, 0.1) is 6.92 Å². The summed E-state index contributed by atoms with van der Waals surface area (Å²) in [6.45, 7) is 2.34. The Morgan fingerprint density at radius 2 is 1.90 bits per heavy atom. The molecule has 1 unspecified atom stereocenters. The Morgan fingerprint density at radius 3 is 2.71 bits per heavy atom. The predicted octanol–water partition coefficient (Wildman–Crippen LogP) is 3.62. The Labute approximate surface area is 180 Å². The van der Waals surface area contributed by atoms with E-state index in [1.165, 1.54) is 6.20 Å². The van der Waals surface area contributed by atoms with Crippen LogP contribution in [0.1, 0.15) is 27.2 Å². The van der Waals surface area contributed by atoms with Crippen LogP contribution < -0.4 is 15.4 Å². The number of hydrogen-bond donors (Lipinski definition) is 2. The van der Waals surface area contributed by atoms with Crippen molar-refractivity contribution in [2.75, 3.05) is 12.4 Å². The maximum absolute atomic E-state index is 12.7. The van der Waals surface area contributed by atoms with E-state index in [0.29, 0.717) is 24.5 Å². The highest BCUT2D eigenvalue weighted by molar-refractivity contribution is 5.94. The molecule has 2 heterocycles. The van der Waals surface area contributed by atoms with E-state index >= 15 is 0 Å². The first-order valence-electron chi connectivity index (χ1n) is 9.99. The van der Waals surface area contributed by atoms with Gasteiger partial charge >= 0.3 is 0 Å². The molecule has 31 heavy (non-hydrogen) atoms. The van der Waals surface area contributed by atoms with Crippen molar-refractivity contribution in [2.24, 2.45) is 0 Å². The van der Waals surface area contributed by atoms with E-state index in [9.17, 15) is 9.59 Å². The summed E-state index contributed by atoms with van der Waals surface area (Å²) in [4.78, 5) is 28.5. The van der Waals surface area contributed by atoms with E-state index in [1.807, 2.05) is 49.4 Å². The second-order valence-corrected chi connectivity index (χ2v) is 7.35. The van der Waals surface area contributed by atoms with Crippen molar-refractivity contribution < 1.29 is 19.1 Å². The summed E-state index contributed by atoms with van der Waals surface area (Å²) in [6, 6.07) is 16.6. The molecule has 0 radical (unpaired) electrons. The van der Waals surface area contributed by atoms with Crippen LogP contribution in [-0.2, 0) is 22.6 Å². The van der Waals surface area contributed by atoms with Gasteiger partial charge in [-0.15, -0.1) is 0 Å². The van der Waals surface area contributed by atoms with Crippen LogP contribution in [0.2, 0.25) is 0 Å². The number of amides is 2. The van der Waals surface area contributed by atoms with Crippen molar-refractivity contribution in [1.82, 2.24) is 10.3 Å². The zero-order chi connectivity index (χ0) is 21.8. The van der Waals surface area contributed by atoms with Crippen molar-refractivity contribution in [3.8, 4) is 11.5 Å². The molecule has 2 aromatic carbocycles. The third kappa shape index (κ3) is 4.90. The van der Waals surface area contributed by atoms with E-state index in [2.05, 4.69) is 15.6 Å². The first-order chi connectivity index (χ1) is 15.0. The van der Waals surface area contributed by atoms with Crippen LogP contribution in [0.4, 0.5) is 5.69 Å². The highest BCUT2D eigenvalue weighted by Gasteiger charge is 2.26. The average Bonchev–Trinajstić information content (AvgIpc) is 2.78. The van der Waals surface area contributed by atoms with Gasteiger partial charge in [0.25, 0.3) is 11.8 Å². The van der Waals surface area contributed by atoms with Crippen molar-refractivity contribution >= 4 is 17.5 Å². The summed E-state index contributed by atoms with van der Waals surface area (Å²) in [5, 5.41) is 5.46. The summed E-state index contributed by atoms with van der Waals surface area (Å²) in [5.41, 5.74) is 4.12. The molecule has 0 saturated heterocycles. The Morgan fingerprint density at radius 1 is 1.06 bits per heavy atom. The lowest BCUT2D eigenvalue weighted by Crippen LogP contribution is -2.35. The highest BCUT2D eigenvalue weighted by atomic mass is 16.5. The SMILES string of the molecule is CNC(=O)c1cc(Oc2ccc3c(c2)CC(C(=O)Nc2cccc(C)c2)OC3)ccn1. The number of nitrogens with zero attached hydrogens (tertiary/aromatic N) is 1. The van der Waals surface area contributed by atoms with Crippen LogP contribution in [0.5, 0.6) is 11.5 Å². The average molecular weight is 417 g/mol. The number of fused-ring (bicyclic) bond motifs is 1. The van der Waals surface area contributed by atoms with Gasteiger partial charge in [-0.2, -0.15) is 0 Å². The molecular formula is C24H23N3O4. The number of hydrogen-bond acceptors (Lipinski definition) is 5. The monoisotopic (exact) mass is 417 g/mol. The standard InChI is InChI=1S/C24H23N3O4/c1-15-4-3-5-18(10-15)27-24(29)22-12-17-11-19(7-6-16(17)14-30-22)31-20-8-9-26-21(13-20)23(28)25-2/h3-11,13,22H,12,14H2,1-2H3,(H,25,28)(H,27,29). The molecule has 0 fully saturated rings. The normalized spacial score (nSPS) is 15.0. The molecule has 2 N–H and O–H groups in total. The van der Waals surface area contributed by atoms with Gasteiger partial charge in [0.1, 0.15) is 23.3 Å². The Kier molecular flexibility index (Phi) is 5.95. The number of anilines is 1. The Bertz CT molecular complexity index is 1130. The van der Waals surface area contributed by atoms with Crippen LogP contribution in [0.3, 0.4) is 0 Å². The lowest BCUT2D eigenvalue weighted by molar-refractivity contribution is -0.129. The molecule has 1 aliphatic heterocycles. The largest absolute Gasteiger partial charge is 0.457 e. The van der Waals surface area contributed by atoms with Crippen molar-refractivity contribution in [3.63, 3.8) is 0 Å². The minimum absolute atomic E-state index is 0.174. The zero-order valence-corrected chi connectivity index (χ0v) is 17.3. The van der Waals surface area contributed by atoms with Crippen molar-refractivity contribution in [2.45, 2.75) is 26.1 Å². The molecule has 158 valence electrons. The third-order valence-corrected chi connectivity index (χ3v) is 5.03. The fourth-order valence-electron chi connectivity index (χ4n) is 3.42. The van der Waals surface area contributed by atoms with Gasteiger partial charge < -0.3 is 20.1 Å². The lowest BCUT2D eigenvalue weighted by atomic mass is 9.98. The van der Waals surface area contributed by atoms with Crippen LogP contribution in [0.15, 0.2) is 60.8 Å². The molecule has 7 heteroatoms. The number of aryl methyl sites for hydroxylation is 1. The molecule has 0 saturated carbocycles. The number of carbonyl (C=O) groups excluding carboxylic acids is 2. The lowest BCUT2D eigenvalue weighted by Gasteiger charge is -2.25. The van der Waals surface area contributed by atoms with Gasteiger partial charge in [-0.05, 0) is 53.9 Å². The molecular weight excluding hydrogens is 394 g/mol. The van der Waals surface area contributed by atoms with Gasteiger partial charge in [-0.1, -0.05) is 18.2 Å². The number of aromatic nitrogens is 1. The van der Waals surface area contributed by atoms with Gasteiger partial charge in [0.2, 0.25) is 0 Å². The predicted molar refractivity (Wildman–Crippen MR) is 116 cm³/mol. The summed E-state index contributed by atoms with van der Waals surface area (Å²) < 4.78 is 11.7. The van der Waals surface area contributed by atoms with Crippen LogP contribution in [-0.4, -0.2) is 29.9 Å². The Balaban J connectivity index is 1.46. The molecule has 3 aromatic rings. The number of carbonyl (C=O) groups is 2. The molecule has 1 atom stereocenters. The molecule has 0 aliphatic carbocycles. The van der Waals surface area contributed by atoms with Gasteiger partial charge in [-0.3, -0.25) is 14.6 Å². The van der Waals surface area contributed by atoms with E-state index in [0.717, 1.165) is 22.4 Å². The second kappa shape index (κ2) is 8.97. The fraction of sp³-hybridized carbons (Fsp3) is 0.208. The van der Waals surface area contributed by atoms with Crippen LogP contribution in [0.25, 0.3) is 0 Å². The molecule has 1 aliphatic rings. The minimum atomic E-state index is -0.580. The molecule has 0 bridgehead atoms. The summed E-state index contributed by atoms with van der Waals surface area (Å²) in [5.74, 6) is 0.671. The van der Waals surface area contributed by atoms with Gasteiger partial charge in [-0.25, -0.2) is 0 Å². The van der Waals surface area contributed by atoms with E-state index in [-0.39, 0.29) is 17.5 Å². The van der Waals surface area contributed by atoms with Gasteiger partial charge in [0.05, 0.1) is 6.61 Å². The number of pyridine rings is 1. The minimum Gasteiger partial charge on any atom is -0.457 e. The summed E-state index contributed by atoms with van der Waals surface area (Å²) in [7, 11) is 1.55. The van der Waals surface area contributed by atoms with E-state index < -0.39 is 6.10 Å². The van der Waals surface area contributed by atoms with E-state index in [4.69, 9.17) is 9.47 Å². The summed E-state index contributed by atoms with van der Waals surface area (Å²) >= 11 is 0. The number of ether oxygens (including phenoxy) is 2. The summed E-state index contributed by atoms with van der Waals surface area (Å²) in [6.07, 6.45) is 1.39. The van der Waals surface area contributed by atoms with Crippen molar-refractivity contribution in [3.05, 3.63) is 83.2 Å². The Hall–Kier alpha value is -3.71. The number of benzene rings is 2. The molecule has 1 aromatic heterocycles. The molecule has 7 nitrogen and oxygen atoms in total. The molecule has 4 rings (SSSR count). The fourth-order valence-corrected chi connectivity index (χ4v) is 3.42. The van der Waals surface area contributed by atoms with Crippen molar-refractivity contribution in [1.29, 1.82) is 0 Å². The first kappa shape index (κ1) is 20.6. The maximum atomic E-state index is 12.7. The quantitative estimate of drug-likeness (QED) is 0.662. The van der Waals surface area contributed by atoms with Gasteiger partial charge in [0.15, 0.2) is 0 Å².